The highest BCUT2D eigenvalue weighted by Crippen LogP contribution is 2.45. The number of methoxy groups -OCH3 is 3. The van der Waals surface area contributed by atoms with E-state index in [2.05, 4.69) is 4.98 Å². The maximum atomic E-state index is 5.99. The molecule has 0 saturated carbocycles. The molecule has 1 heterocycles. The van der Waals surface area contributed by atoms with Crippen molar-refractivity contribution >= 4 is 5.69 Å². The molecule has 2 N–H and O–H groups in total. The minimum absolute atomic E-state index is 0.0848. The number of nitrogens with two attached hydrogens (primary N) is 1. The lowest BCUT2D eigenvalue weighted by molar-refractivity contribution is 0.0493. The van der Waals surface area contributed by atoms with Crippen molar-refractivity contribution in [2.24, 2.45) is 0 Å². The molecule has 6 nitrogen and oxygen atoms in total. The molecule has 0 spiro atoms. The van der Waals surface area contributed by atoms with Gasteiger partial charge in [0.1, 0.15) is 0 Å². The predicted octanol–water partition coefficient (Wildman–Crippen LogP) is 2.33. The largest absolute Gasteiger partial charge is 0.493 e. The number of hydrogen-bond acceptors (Lipinski definition) is 6. The number of hydrogen-bond donors (Lipinski definition) is 1. The highest BCUT2D eigenvalue weighted by atomic mass is 16.7. The molecule has 2 aromatic rings. The third-order valence-corrected chi connectivity index (χ3v) is 2.96. The zero-order valence-electron chi connectivity index (χ0n) is 12.3. The smallest absolute Gasteiger partial charge is 0.204 e. The minimum Gasteiger partial charge on any atom is -0.493 e. The molecule has 1 aromatic heterocycles. The molecular weight excluding hydrogens is 272 g/mol. The second-order valence-corrected chi connectivity index (χ2v) is 4.19. The average molecular weight is 290 g/mol. The van der Waals surface area contributed by atoms with Gasteiger partial charge >= 0.3 is 0 Å². The molecule has 0 atom stereocenters. The van der Waals surface area contributed by atoms with Gasteiger partial charge in [-0.1, -0.05) is 0 Å². The fourth-order valence-electron chi connectivity index (χ4n) is 2.02. The summed E-state index contributed by atoms with van der Waals surface area (Å²) in [5.74, 6) is 1.57. The fraction of sp³-hybridized carbons (Fsp3) is 0.267. The Morgan fingerprint density at radius 3 is 2.43 bits per heavy atom. The summed E-state index contributed by atoms with van der Waals surface area (Å²) in [5.41, 5.74) is 8.12. The molecule has 112 valence electrons. The van der Waals surface area contributed by atoms with E-state index in [9.17, 15) is 0 Å². The summed E-state index contributed by atoms with van der Waals surface area (Å²) in [5, 5.41) is 0. The number of benzene rings is 1. The van der Waals surface area contributed by atoms with Crippen LogP contribution in [0.15, 0.2) is 30.6 Å². The quantitative estimate of drug-likeness (QED) is 0.823. The molecule has 0 unspecified atom stereocenters. The number of ether oxygens (including phenoxy) is 4. The number of nitrogen functional groups attached to an aromatic ring is 1. The van der Waals surface area contributed by atoms with Gasteiger partial charge in [-0.2, -0.15) is 0 Å². The molecule has 0 aliphatic rings. The predicted molar refractivity (Wildman–Crippen MR) is 79.7 cm³/mol. The van der Waals surface area contributed by atoms with E-state index in [1.54, 1.807) is 39.8 Å². The van der Waals surface area contributed by atoms with Gasteiger partial charge in [-0.25, -0.2) is 0 Å². The van der Waals surface area contributed by atoms with Crippen LogP contribution in [0.1, 0.15) is 0 Å². The molecular formula is C15H18N2O4. The van der Waals surface area contributed by atoms with Gasteiger partial charge < -0.3 is 24.7 Å². The minimum atomic E-state index is 0.0848. The summed E-state index contributed by atoms with van der Waals surface area (Å²) in [6.07, 6.45) is 3.26. The van der Waals surface area contributed by atoms with Gasteiger partial charge in [0.05, 0.1) is 26.1 Å². The van der Waals surface area contributed by atoms with Crippen LogP contribution in [0, 0.1) is 0 Å². The van der Waals surface area contributed by atoms with Crippen LogP contribution in [0.2, 0.25) is 0 Å². The first-order valence-corrected chi connectivity index (χ1v) is 6.29. The second-order valence-electron chi connectivity index (χ2n) is 4.19. The van der Waals surface area contributed by atoms with Crippen molar-refractivity contribution in [3.05, 3.63) is 30.6 Å². The van der Waals surface area contributed by atoms with Gasteiger partial charge in [0.15, 0.2) is 18.3 Å². The zero-order chi connectivity index (χ0) is 15.2. The second kappa shape index (κ2) is 6.81. The molecule has 0 bridgehead atoms. The molecule has 2 rings (SSSR count). The Kier molecular flexibility index (Phi) is 4.84. The van der Waals surface area contributed by atoms with Crippen LogP contribution in [-0.4, -0.2) is 33.1 Å². The van der Waals surface area contributed by atoms with E-state index in [4.69, 9.17) is 24.7 Å². The van der Waals surface area contributed by atoms with Gasteiger partial charge in [-0.05, 0) is 18.2 Å². The monoisotopic (exact) mass is 290 g/mol. The topological polar surface area (TPSA) is 75.8 Å². The van der Waals surface area contributed by atoms with Crippen LogP contribution in [0.3, 0.4) is 0 Å². The van der Waals surface area contributed by atoms with Crippen LogP contribution in [0.5, 0.6) is 17.2 Å². The summed E-state index contributed by atoms with van der Waals surface area (Å²) in [7, 11) is 4.67. The van der Waals surface area contributed by atoms with Crippen molar-refractivity contribution in [3.63, 3.8) is 0 Å². The van der Waals surface area contributed by atoms with E-state index >= 15 is 0 Å². The lowest BCUT2D eigenvalue weighted by atomic mass is 10.0. The first-order chi connectivity index (χ1) is 10.2. The van der Waals surface area contributed by atoms with E-state index in [-0.39, 0.29) is 6.79 Å². The third-order valence-electron chi connectivity index (χ3n) is 2.96. The lowest BCUT2D eigenvalue weighted by Gasteiger charge is -2.18. The maximum Gasteiger partial charge on any atom is 0.204 e. The number of anilines is 1. The molecule has 0 radical (unpaired) electrons. The number of aromatic nitrogens is 1. The Balaban J connectivity index is 2.62. The van der Waals surface area contributed by atoms with Gasteiger partial charge in [-0.3, -0.25) is 4.98 Å². The molecule has 0 amide bonds. The average Bonchev–Trinajstić information content (AvgIpc) is 2.52. The molecule has 21 heavy (non-hydrogen) atoms. The Bertz CT molecular complexity index is 617. The summed E-state index contributed by atoms with van der Waals surface area (Å²) in [4.78, 5) is 3.99. The van der Waals surface area contributed by atoms with Gasteiger partial charge in [-0.15, -0.1) is 0 Å². The van der Waals surface area contributed by atoms with Crippen LogP contribution in [0.4, 0.5) is 5.69 Å². The SMILES string of the molecule is COCOc1c(-c2ccncc2N)ccc(OC)c1OC. The zero-order valence-corrected chi connectivity index (χ0v) is 12.3. The molecule has 0 saturated heterocycles. The number of nitrogens with zero attached hydrogens (tertiary/aromatic N) is 1. The van der Waals surface area contributed by atoms with Crippen molar-refractivity contribution in [1.82, 2.24) is 4.98 Å². The standard InChI is InChI=1S/C15H18N2O4/c1-18-9-21-14-11(10-6-7-17-8-12(10)16)4-5-13(19-2)15(14)20-3/h4-8H,9,16H2,1-3H3. The first kappa shape index (κ1) is 14.9. The summed E-state index contributed by atoms with van der Waals surface area (Å²) in [6.45, 7) is 0.0848. The van der Waals surface area contributed by atoms with E-state index in [0.29, 0.717) is 22.9 Å². The van der Waals surface area contributed by atoms with Crippen LogP contribution in [-0.2, 0) is 4.74 Å². The van der Waals surface area contributed by atoms with Crippen molar-refractivity contribution in [1.29, 1.82) is 0 Å². The summed E-state index contributed by atoms with van der Waals surface area (Å²) in [6, 6.07) is 5.47. The summed E-state index contributed by atoms with van der Waals surface area (Å²) < 4.78 is 21.3. The Morgan fingerprint density at radius 1 is 1.00 bits per heavy atom. The van der Waals surface area contributed by atoms with Crippen molar-refractivity contribution < 1.29 is 18.9 Å². The van der Waals surface area contributed by atoms with Gasteiger partial charge in [0.2, 0.25) is 5.75 Å². The van der Waals surface area contributed by atoms with Crippen molar-refractivity contribution in [2.45, 2.75) is 0 Å². The molecule has 0 aliphatic heterocycles. The number of rotatable bonds is 6. The highest BCUT2D eigenvalue weighted by Gasteiger charge is 2.19. The lowest BCUT2D eigenvalue weighted by Crippen LogP contribution is -2.04. The van der Waals surface area contributed by atoms with E-state index in [1.807, 2.05) is 12.1 Å². The molecule has 0 aliphatic carbocycles. The van der Waals surface area contributed by atoms with Crippen molar-refractivity contribution in [3.8, 4) is 28.4 Å². The highest BCUT2D eigenvalue weighted by molar-refractivity contribution is 5.83. The van der Waals surface area contributed by atoms with Gasteiger partial charge in [0, 0.05) is 24.4 Å². The third kappa shape index (κ3) is 3.00. The maximum absolute atomic E-state index is 5.99. The van der Waals surface area contributed by atoms with E-state index in [1.165, 1.54) is 0 Å². The Morgan fingerprint density at radius 2 is 1.81 bits per heavy atom. The Hall–Kier alpha value is -2.47. The van der Waals surface area contributed by atoms with Crippen LogP contribution >= 0.6 is 0 Å². The van der Waals surface area contributed by atoms with Crippen LogP contribution < -0.4 is 19.9 Å². The van der Waals surface area contributed by atoms with E-state index in [0.717, 1.165) is 11.1 Å². The fourth-order valence-corrected chi connectivity index (χ4v) is 2.02. The normalized spacial score (nSPS) is 10.2. The molecule has 6 heteroatoms. The van der Waals surface area contributed by atoms with Gasteiger partial charge in [0.25, 0.3) is 0 Å². The van der Waals surface area contributed by atoms with E-state index < -0.39 is 0 Å². The Labute approximate surface area is 123 Å². The summed E-state index contributed by atoms with van der Waals surface area (Å²) >= 11 is 0. The molecule has 1 aromatic carbocycles. The first-order valence-electron chi connectivity index (χ1n) is 6.29. The number of pyridine rings is 1. The van der Waals surface area contributed by atoms with Crippen molar-refractivity contribution in [2.75, 3.05) is 33.9 Å². The van der Waals surface area contributed by atoms with Crippen LogP contribution in [0.25, 0.3) is 11.1 Å². The molecule has 0 fully saturated rings.